The van der Waals surface area contributed by atoms with E-state index in [-0.39, 0.29) is 24.4 Å². The van der Waals surface area contributed by atoms with Gasteiger partial charge in [-0.05, 0) is 31.4 Å². The molecule has 1 fully saturated rings. The summed E-state index contributed by atoms with van der Waals surface area (Å²) in [4.78, 5) is 13.1. The number of carbonyl (C=O) groups excluding carboxylic acids is 1. The van der Waals surface area contributed by atoms with Crippen molar-refractivity contribution in [2.24, 2.45) is 0 Å². The van der Waals surface area contributed by atoms with Crippen LogP contribution in [0.4, 0.5) is 0 Å². The molecule has 3 nitrogen and oxygen atoms in total. The summed E-state index contributed by atoms with van der Waals surface area (Å²) in [6.45, 7) is 1.88. The number of nitrogens with one attached hydrogen (secondary N) is 2. The molecule has 0 saturated carbocycles. The van der Waals surface area contributed by atoms with Crippen LogP contribution in [-0.2, 0) is 0 Å². The first-order valence-corrected chi connectivity index (χ1v) is 6.68. The summed E-state index contributed by atoms with van der Waals surface area (Å²) in [7, 11) is 0. The first-order chi connectivity index (χ1) is 7.81. The van der Waals surface area contributed by atoms with Gasteiger partial charge in [0, 0.05) is 17.5 Å². The summed E-state index contributed by atoms with van der Waals surface area (Å²) in [6.07, 6.45) is 3.01. The smallest absolute Gasteiger partial charge is 0.252 e. The van der Waals surface area contributed by atoms with Crippen LogP contribution < -0.4 is 10.6 Å². The van der Waals surface area contributed by atoms with Crippen LogP contribution in [0, 0.1) is 0 Å². The van der Waals surface area contributed by atoms with Crippen LogP contribution in [0.2, 0.25) is 0 Å². The first-order valence-electron chi connectivity index (χ1n) is 5.46. The van der Waals surface area contributed by atoms with E-state index in [9.17, 15) is 4.79 Å². The van der Waals surface area contributed by atoms with Gasteiger partial charge in [-0.3, -0.25) is 4.79 Å². The molecule has 1 aliphatic rings. The maximum absolute atomic E-state index is 12.0. The molecular formula is C12H17ClN2OS. The quantitative estimate of drug-likeness (QED) is 0.826. The average Bonchev–Trinajstić information content (AvgIpc) is 2.81. The summed E-state index contributed by atoms with van der Waals surface area (Å²) < 4.78 is 0. The molecule has 5 heteroatoms. The summed E-state index contributed by atoms with van der Waals surface area (Å²) in [5.74, 6) is 0.0404. The molecule has 1 aromatic carbocycles. The largest absolute Gasteiger partial charge is 0.348 e. The zero-order valence-corrected chi connectivity index (χ0v) is 11.4. The number of benzene rings is 1. The Morgan fingerprint density at radius 3 is 2.88 bits per heavy atom. The van der Waals surface area contributed by atoms with Crippen LogP contribution in [0.25, 0.3) is 0 Å². The van der Waals surface area contributed by atoms with E-state index in [0.717, 1.165) is 30.0 Å². The Labute approximate surface area is 112 Å². The number of hydrogen-bond donors (Lipinski definition) is 2. The van der Waals surface area contributed by atoms with Gasteiger partial charge in [-0.1, -0.05) is 12.1 Å². The van der Waals surface area contributed by atoms with Crippen molar-refractivity contribution in [1.29, 1.82) is 0 Å². The van der Waals surface area contributed by atoms with Gasteiger partial charge in [0.25, 0.3) is 5.91 Å². The highest BCUT2D eigenvalue weighted by Crippen LogP contribution is 2.19. The van der Waals surface area contributed by atoms with Gasteiger partial charge in [0.1, 0.15) is 0 Å². The van der Waals surface area contributed by atoms with Crippen molar-refractivity contribution in [2.75, 3.05) is 19.3 Å². The zero-order chi connectivity index (χ0) is 11.4. The van der Waals surface area contributed by atoms with Gasteiger partial charge in [-0.25, -0.2) is 0 Å². The number of carbonyl (C=O) groups is 1. The number of thioether (sulfide) groups is 1. The van der Waals surface area contributed by atoms with Crippen molar-refractivity contribution >= 4 is 30.1 Å². The molecule has 17 heavy (non-hydrogen) atoms. The molecule has 1 unspecified atom stereocenters. The van der Waals surface area contributed by atoms with E-state index >= 15 is 0 Å². The summed E-state index contributed by atoms with van der Waals surface area (Å²) >= 11 is 1.61. The molecule has 0 aliphatic carbocycles. The zero-order valence-electron chi connectivity index (χ0n) is 9.73. The maximum atomic E-state index is 12.0. The molecule has 0 aromatic heterocycles. The third-order valence-corrected chi connectivity index (χ3v) is 3.54. The Morgan fingerprint density at radius 2 is 2.24 bits per heavy atom. The fourth-order valence-corrected chi connectivity index (χ4v) is 2.47. The Hall–Kier alpha value is -0.710. The van der Waals surface area contributed by atoms with Crippen LogP contribution in [-0.4, -0.2) is 31.3 Å². The highest BCUT2D eigenvalue weighted by molar-refractivity contribution is 7.98. The number of rotatable bonds is 3. The van der Waals surface area contributed by atoms with Crippen LogP contribution >= 0.6 is 24.2 Å². The van der Waals surface area contributed by atoms with Gasteiger partial charge in [0.15, 0.2) is 0 Å². The van der Waals surface area contributed by atoms with E-state index in [1.54, 1.807) is 11.8 Å². The van der Waals surface area contributed by atoms with E-state index < -0.39 is 0 Å². The normalized spacial score (nSPS) is 18.5. The highest BCUT2D eigenvalue weighted by Gasteiger charge is 2.18. The lowest BCUT2D eigenvalue weighted by atomic mass is 10.2. The molecule has 2 rings (SSSR count). The van der Waals surface area contributed by atoms with Crippen molar-refractivity contribution in [1.82, 2.24) is 10.6 Å². The lowest BCUT2D eigenvalue weighted by Crippen LogP contribution is -2.36. The minimum absolute atomic E-state index is 0. The molecule has 1 atom stereocenters. The predicted octanol–water partition coefficient (Wildman–Crippen LogP) is 1.92. The standard InChI is InChI=1S/C12H16N2OS.ClH/c1-16-11-5-3-2-4-10(11)12(15)14-9-6-7-13-8-9;/h2-5,9,13H,6-8H2,1H3,(H,14,15);1H. The van der Waals surface area contributed by atoms with Gasteiger partial charge in [0.2, 0.25) is 0 Å². The second-order valence-corrected chi connectivity index (χ2v) is 4.71. The van der Waals surface area contributed by atoms with Crippen molar-refractivity contribution in [3.8, 4) is 0 Å². The summed E-state index contributed by atoms with van der Waals surface area (Å²) in [5.41, 5.74) is 0.780. The van der Waals surface area contributed by atoms with E-state index in [1.807, 2.05) is 30.5 Å². The Bertz CT molecular complexity index is 381. The highest BCUT2D eigenvalue weighted by atomic mass is 35.5. The first kappa shape index (κ1) is 14.4. The van der Waals surface area contributed by atoms with E-state index in [1.165, 1.54) is 0 Å². The average molecular weight is 273 g/mol. The fourth-order valence-electron chi connectivity index (χ4n) is 1.87. The molecule has 94 valence electrons. The SMILES string of the molecule is CSc1ccccc1C(=O)NC1CCNC1.Cl. The molecule has 0 radical (unpaired) electrons. The maximum Gasteiger partial charge on any atom is 0.252 e. The van der Waals surface area contributed by atoms with Gasteiger partial charge in [-0.15, -0.1) is 24.2 Å². The lowest BCUT2D eigenvalue weighted by molar-refractivity contribution is 0.0937. The van der Waals surface area contributed by atoms with Gasteiger partial charge in [-0.2, -0.15) is 0 Å². The Balaban J connectivity index is 0.00000144. The Morgan fingerprint density at radius 1 is 1.47 bits per heavy atom. The summed E-state index contributed by atoms with van der Waals surface area (Å²) in [5, 5.41) is 6.29. The molecule has 1 aromatic rings. The van der Waals surface area contributed by atoms with Crippen molar-refractivity contribution in [2.45, 2.75) is 17.4 Å². The molecule has 1 amide bonds. The van der Waals surface area contributed by atoms with Crippen LogP contribution in [0.1, 0.15) is 16.8 Å². The third kappa shape index (κ3) is 3.63. The third-order valence-electron chi connectivity index (χ3n) is 2.75. The van der Waals surface area contributed by atoms with E-state index in [2.05, 4.69) is 10.6 Å². The molecule has 1 aliphatic heterocycles. The molecule has 1 heterocycles. The number of amides is 1. The fraction of sp³-hybridized carbons (Fsp3) is 0.417. The van der Waals surface area contributed by atoms with E-state index in [0.29, 0.717) is 0 Å². The van der Waals surface area contributed by atoms with Crippen molar-refractivity contribution in [3.05, 3.63) is 29.8 Å². The minimum atomic E-state index is 0. The number of hydrogen-bond acceptors (Lipinski definition) is 3. The van der Waals surface area contributed by atoms with E-state index in [4.69, 9.17) is 0 Å². The molecular weight excluding hydrogens is 256 g/mol. The predicted molar refractivity (Wildman–Crippen MR) is 74.2 cm³/mol. The Kier molecular flexibility index (Phi) is 5.82. The number of halogens is 1. The van der Waals surface area contributed by atoms with Gasteiger partial charge in [0.05, 0.1) is 5.56 Å². The lowest BCUT2D eigenvalue weighted by Gasteiger charge is -2.12. The second-order valence-electron chi connectivity index (χ2n) is 3.86. The molecule has 0 spiro atoms. The minimum Gasteiger partial charge on any atom is -0.348 e. The monoisotopic (exact) mass is 272 g/mol. The second kappa shape index (κ2) is 6.89. The topological polar surface area (TPSA) is 41.1 Å². The molecule has 2 N–H and O–H groups in total. The van der Waals surface area contributed by atoms with Gasteiger partial charge < -0.3 is 10.6 Å². The van der Waals surface area contributed by atoms with Crippen molar-refractivity contribution < 1.29 is 4.79 Å². The van der Waals surface area contributed by atoms with Crippen LogP contribution in [0.3, 0.4) is 0 Å². The van der Waals surface area contributed by atoms with Crippen molar-refractivity contribution in [3.63, 3.8) is 0 Å². The molecule has 0 bridgehead atoms. The van der Waals surface area contributed by atoms with Crippen LogP contribution in [0.5, 0.6) is 0 Å². The van der Waals surface area contributed by atoms with Crippen LogP contribution in [0.15, 0.2) is 29.2 Å². The van der Waals surface area contributed by atoms with Gasteiger partial charge >= 0.3 is 0 Å². The summed E-state index contributed by atoms with van der Waals surface area (Å²) in [6, 6.07) is 8.00. The molecule has 1 saturated heterocycles.